The van der Waals surface area contributed by atoms with E-state index in [-0.39, 0.29) is 11.8 Å². The summed E-state index contributed by atoms with van der Waals surface area (Å²) in [5, 5.41) is 2.88. The van der Waals surface area contributed by atoms with Gasteiger partial charge in [0.1, 0.15) is 0 Å². The molecule has 1 fully saturated rings. The van der Waals surface area contributed by atoms with Crippen LogP contribution in [0.15, 0.2) is 23.1 Å². The molecule has 4 rings (SSSR count). The fraction of sp³-hybridized carbons (Fsp3) is 0.462. The molecule has 0 unspecified atom stereocenters. The molecule has 0 spiro atoms. The number of thiol groups is 1. The predicted octanol–water partition coefficient (Wildman–Crippen LogP) is 2.94. The van der Waals surface area contributed by atoms with Crippen LogP contribution in [-0.2, 0) is 23.7 Å². The number of benzene rings is 1. The molecule has 1 aromatic heterocycles. The van der Waals surface area contributed by atoms with E-state index in [1.54, 1.807) is 11.0 Å². The van der Waals surface area contributed by atoms with Gasteiger partial charge in [0.2, 0.25) is 0 Å². The summed E-state index contributed by atoms with van der Waals surface area (Å²) in [5.74, 6) is -0.292. The first-order valence-electron chi connectivity index (χ1n) is 12.1. The number of aryl methyl sites for hydroxylation is 1. The van der Waals surface area contributed by atoms with Crippen LogP contribution in [0.4, 0.5) is 5.69 Å². The van der Waals surface area contributed by atoms with Gasteiger partial charge >= 0.3 is 0 Å². The van der Waals surface area contributed by atoms with Crippen molar-refractivity contribution in [2.75, 3.05) is 71.3 Å². The highest BCUT2D eigenvalue weighted by Gasteiger charge is 2.27. The molecule has 2 aliphatic heterocycles. The molecule has 3 heterocycles. The lowest BCUT2D eigenvalue weighted by Gasteiger charge is -2.23. The van der Waals surface area contributed by atoms with E-state index >= 15 is 0 Å². The van der Waals surface area contributed by atoms with E-state index in [0.717, 1.165) is 33.1 Å². The van der Waals surface area contributed by atoms with Crippen LogP contribution in [0.25, 0.3) is 11.6 Å². The Morgan fingerprint density at radius 3 is 2.14 bits per heavy atom. The Labute approximate surface area is 216 Å². The zero-order chi connectivity index (χ0) is 25.5. The second kappa shape index (κ2) is 12.6. The highest BCUT2D eigenvalue weighted by atomic mass is 32.1. The Bertz CT molecular complexity index is 1110. The van der Waals surface area contributed by atoms with Crippen molar-refractivity contribution in [1.82, 2.24) is 9.88 Å². The van der Waals surface area contributed by atoms with Gasteiger partial charge in [0, 0.05) is 40.6 Å². The summed E-state index contributed by atoms with van der Waals surface area (Å²) in [5.41, 5.74) is 4.91. The Morgan fingerprint density at radius 1 is 0.944 bits per heavy atom. The Hall–Kier alpha value is -2.63. The number of carbonyl (C=O) groups is 2. The van der Waals surface area contributed by atoms with Gasteiger partial charge in [0.25, 0.3) is 11.8 Å². The van der Waals surface area contributed by atoms with Gasteiger partial charge in [0.05, 0.1) is 64.0 Å². The molecule has 194 valence electrons. The summed E-state index contributed by atoms with van der Waals surface area (Å²) in [6.45, 7) is 8.31. The number of rotatable bonds is 2. The molecule has 0 bridgehead atoms. The zero-order valence-corrected chi connectivity index (χ0v) is 21.6. The van der Waals surface area contributed by atoms with Crippen molar-refractivity contribution in [1.29, 1.82) is 0 Å². The number of nitrogens with zero attached hydrogens (tertiary/aromatic N) is 1. The summed E-state index contributed by atoms with van der Waals surface area (Å²) >= 11 is 4.41. The lowest BCUT2D eigenvalue weighted by Crippen LogP contribution is -2.37. The molecule has 2 N–H and O–H groups in total. The van der Waals surface area contributed by atoms with Crippen LogP contribution < -0.4 is 5.32 Å². The third-order valence-corrected chi connectivity index (χ3v) is 6.46. The summed E-state index contributed by atoms with van der Waals surface area (Å²) in [6, 6.07) is 5.53. The maximum atomic E-state index is 13.6. The number of fused-ring (bicyclic) bond motifs is 1. The third-order valence-electron chi connectivity index (χ3n) is 6.18. The van der Waals surface area contributed by atoms with Crippen molar-refractivity contribution >= 4 is 41.8 Å². The molecule has 1 saturated heterocycles. The van der Waals surface area contributed by atoms with E-state index < -0.39 is 0 Å². The maximum absolute atomic E-state index is 13.6. The van der Waals surface area contributed by atoms with Gasteiger partial charge < -0.3 is 34.1 Å². The number of hydrogen-bond donors (Lipinski definition) is 3. The minimum absolute atomic E-state index is 0.108. The quantitative estimate of drug-likeness (QED) is 0.420. The maximum Gasteiger partial charge on any atom is 0.256 e. The predicted molar refractivity (Wildman–Crippen MR) is 140 cm³/mol. The van der Waals surface area contributed by atoms with Crippen molar-refractivity contribution in [2.24, 2.45) is 0 Å². The van der Waals surface area contributed by atoms with Crippen molar-refractivity contribution in [3.63, 3.8) is 0 Å². The van der Waals surface area contributed by atoms with Gasteiger partial charge in [-0.2, -0.15) is 0 Å². The highest BCUT2D eigenvalue weighted by Crippen LogP contribution is 2.35. The average Bonchev–Trinajstić information content (AvgIpc) is 3.30. The average molecular weight is 516 g/mol. The summed E-state index contributed by atoms with van der Waals surface area (Å²) < 4.78 is 22.3. The zero-order valence-electron chi connectivity index (χ0n) is 20.7. The lowest BCUT2D eigenvalue weighted by molar-refractivity contribution is -0.110. The first-order chi connectivity index (χ1) is 17.5. The molecule has 1 aromatic carbocycles. The van der Waals surface area contributed by atoms with Crippen LogP contribution in [0, 0.1) is 13.8 Å². The van der Waals surface area contributed by atoms with Crippen LogP contribution in [-0.4, -0.2) is 87.6 Å². The van der Waals surface area contributed by atoms with Crippen molar-refractivity contribution in [2.45, 2.75) is 18.7 Å². The van der Waals surface area contributed by atoms with Crippen LogP contribution in [0.3, 0.4) is 0 Å². The number of aromatic amines is 1. The molecule has 2 aromatic rings. The second-order valence-corrected chi connectivity index (χ2v) is 9.16. The highest BCUT2D eigenvalue weighted by molar-refractivity contribution is 7.80. The molecule has 0 saturated carbocycles. The van der Waals surface area contributed by atoms with E-state index in [4.69, 9.17) is 18.9 Å². The third kappa shape index (κ3) is 6.37. The SMILES string of the molecule is Cc1[nH]c(C=C2C(=O)Nc3ccc(S)cc32)c(C)c1C(=O)N1CCOCCOCCOCCOCC1. The Morgan fingerprint density at radius 2 is 1.53 bits per heavy atom. The second-order valence-electron chi connectivity index (χ2n) is 8.65. The lowest BCUT2D eigenvalue weighted by atomic mass is 10.0. The van der Waals surface area contributed by atoms with Gasteiger partial charge in [-0.25, -0.2) is 0 Å². The van der Waals surface area contributed by atoms with E-state index in [0.29, 0.717) is 77.1 Å². The van der Waals surface area contributed by atoms with E-state index in [9.17, 15) is 9.59 Å². The monoisotopic (exact) mass is 515 g/mol. The summed E-state index contributed by atoms with van der Waals surface area (Å²) in [6.07, 6.45) is 1.80. The number of nitrogens with one attached hydrogen (secondary N) is 2. The fourth-order valence-corrected chi connectivity index (χ4v) is 4.49. The number of hydrogen-bond acceptors (Lipinski definition) is 7. The molecule has 0 radical (unpaired) electrons. The van der Waals surface area contributed by atoms with Crippen LogP contribution in [0.5, 0.6) is 0 Å². The Kier molecular flexibility index (Phi) is 9.22. The molecule has 36 heavy (non-hydrogen) atoms. The minimum atomic E-state index is -0.184. The summed E-state index contributed by atoms with van der Waals surface area (Å²) in [7, 11) is 0. The minimum Gasteiger partial charge on any atom is -0.377 e. The largest absolute Gasteiger partial charge is 0.377 e. The van der Waals surface area contributed by atoms with Crippen molar-refractivity contribution < 1.29 is 28.5 Å². The molecule has 2 amide bonds. The number of anilines is 1. The van der Waals surface area contributed by atoms with Crippen molar-refractivity contribution in [3.05, 3.63) is 46.3 Å². The molecule has 0 atom stereocenters. The standard InChI is InChI=1S/C26H33N3O6S/c1-17-23(16-21-20-15-19(36)3-4-22(20)28-25(21)30)27-18(2)24(17)26(31)29-5-7-32-9-11-34-13-14-35-12-10-33-8-6-29/h3-4,15-16,27,36H,5-14H2,1-2H3,(H,28,30). The first-order valence-corrected chi connectivity index (χ1v) is 12.6. The molecule has 9 nitrogen and oxygen atoms in total. The molecule has 10 heteroatoms. The number of H-pyrrole nitrogens is 1. The van der Waals surface area contributed by atoms with E-state index in [2.05, 4.69) is 22.9 Å². The number of carbonyl (C=O) groups excluding carboxylic acids is 2. The molecule has 2 aliphatic rings. The fourth-order valence-electron chi connectivity index (χ4n) is 4.29. The van der Waals surface area contributed by atoms with Gasteiger partial charge in [-0.3, -0.25) is 9.59 Å². The van der Waals surface area contributed by atoms with Gasteiger partial charge in [-0.15, -0.1) is 12.6 Å². The van der Waals surface area contributed by atoms with Crippen LogP contribution in [0.2, 0.25) is 0 Å². The topological polar surface area (TPSA) is 102 Å². The smallest absolute Gasteiger partial charge is 0.256 e. The number of aromatic nitrogens is 1. The number of ether oxygens (including phenoxy) is 4. The molecular weight excluding hydrogens is 482 g/mol. The summed E-state index contributed by atoms with van der Waals surface area (Å²) in [4.78, 5) is 32.1. The van der Waals surface area contributed by atoms with Crippen molar-refractivity contribution in [3.8, 4) is 0 Å². The van der Waals surface area contributed by atoms with Crippen LogP contribution in [0.1, 0.15) is 32.9 Å². The first kappa shape index (κ1) is 26.4. The number of amides is 2. The molecular formula is C26H33N3O6S. The van der Waals surface area contributed by atoms with Gasteiger partial charge in [-0.05, 0) is 43.7 Å². The van der Waals surface area contributed by atoms with Crippen LogP contribution >= 0.6 is 12.6 Å². The van der Waals surface area contributed by atoms with Gasteiger partial charge in [0.15, 0.2) is 0 Å². The van der Waals surface area contributed by atoms with Gasteiger partial charge in [-0.1, -0.05) is 0 Å². The molecule has 0 aliphatic carbocycles. The normalized spacial score (nSPS) is 19.5. The van der Waals surface area contributed by atoms with E-state index in [1.807, 2.05) is 32.0 Å². The van der Waals surface area contributed by atoms with E-state index in [1.165, 1.54) is 0 Å². The Balaban J connectivity index is 1.53.